The first-order valence-corrected chi connectivity index (χ1v) is 10.2. The number of nitrogens with zero attached hydrogens (tertiary/aromatic N) is 3. The quantitative estimate of drug-likeness (QED) is 0.484. The van der Waals surface area contributed by atoms with E-state index < -0.39 is 0 Å². The van der Waals surface area contributed by atoms with Crippen molar-refractivity contribution in [2.45, 2.75) is 46.1 Å². The summed E-state index contributed by atoms with van der Waals surface area (Å²) in [4.78, 5) is 17.8. The molecule has 1 aromatic heterocycles. The number of fused-ring (bicyclic) bond motifs is 1. The Morgan fingerprint density at radius 2 is 2.00 bits per heavy atom. The predicted molar refractivity (Wildman–Crippen MR) is 118 cm³/mol. The fraction of sp³-hybridized carbons (Fsp3) is 0.318. The van der Waals surface area contributed by atoms with Crippen LogP contribution in [0.4, 0.5) is 0 Å². The number of rotatable bonds is 6. The van der Waals surface area contributed by atoms with E-state index in [-0.39, 0.29) is 17.6 Å². The molecule has 0 aliphatic carbocycles. The van der Waals surface area contributed by atoms with E-state index in [4.69, 9.17) is 9.72 Å². The first-order valence-electron chi connectivity index (χ1n) is 9.42. The van der Waals surface area contributed by atoms with Crippen LogP contribution < -0.4 is 10.3 Å². The van der Waals surface area contributed by atoms with E-state index in [1.807, 2.05) is 50.2 Å². The van der Waals surface area contributed by atoms with Crippen molar-refractivity contribution in [3.05, 3.63) is 68.7 Å². The van der Waals surface area contributed by atoms with E-state index in [0.29, 0.717) is 16.7 Å². The summed E-state index contributed by atoms with van der Waals surface area (Å²) in [5, 5.41) is 5.03. The van der Waals surface area contributed by atoms with Crippen LogP contribution in [0.1, 0.15) is 51.4 Å². The van der Waals surface area contributed by atoms with Crippen molar-refractivity contribution >= 4 is 33.0 Å². The summed E-state index contributed by atoms with van der Waals surface area (Å²) >= 11 is 3.43. The molecule has 0 saturated carbocycles. The Kier molecular flexibility index (Phi) is 6.29. The van der Waals surface area contributed by atoms with Gasteiger partial charge in [-0.2, -0.15) is 9.78 Å². The van der Waals surface area contributed by atoms with Gasteiger partial charge in [0.05, 0.1) is 23.2 Å². The molecule has 0 N–H and O–H groups in total. The van der Waals surface area contributed by atoms with Crippen LogP contribution >= 0.6 is 15.9 Å². The SMILES string of the molecule is CC[C@@H](C)c1nc2ccc(Br)cc2c(=O)n1N=Cc1cccc(OC(C)C)c1. The topological polar surface area (TPSA) is 56.5 Å². The van der Waals surface area contributed by atoms with E-state index in [2.05, 4.69) is 34.9 Å². The van der Waals surface area contributed by atoms with Crippen molar-refractivity contribution in [3.8, 4) is 5.75 Å². The smallest absolute Gasteiger partial charge is 0.282 e. The Labute approximate surface area is 173 Å². The number of benzene rings is 2. The molecule has 0 fully saturated rings. The molecule has 3 aromatic rings. The second-order valence-electron chi connectivity index (χ2n) is 7.04. The van der Waals surface area contributed by atoms with Gasteiger partial charge >= 0.3 is 0 Å². The Hall–Kier alpha value is -2.47. The van der Waals surface area contributed by atoms with Crippen molar-refractivity contribution < 1.29 is 4.74 Å². The molecule has 0 aliphatic heterocycles. The van der Waals surface area contributed by atoms with Gasteiger partial charge in [0.25, 0.3) is 5.56 Å². The molecular formula is C22H24BrN3O2. The van der Waals surface area contributed by atoms with E-state index in [0.717, 1.165) is 22.2 Å². The second kappa shape index (κ2) is 8.69. The van der Waals surface area contributed by atoms with Gasteiger partial charge in [-0.05, 0) is 56.2 Å². The minimum atomic E-state index is -0.174. The van der Waals surface area contributed by atoms with Crippen molar-refractivity contribution in [3.63, 3.8) is 0 Å². The van der Waals surface area contributed by atoms with Gasteiger partial charge in [0.1, 0.15) is 11.6 Å². The van der Waals surface area contributed by atoms with Gasteiger partial charge in [-0.3, -0.25) is 4.79 Å². The standard InChI is InChI=1S/C22H24BrN3O2/c1-5-15(4)21-25-20-10-9-17(23)12-19(20)22(27)26(21)24-13-16-7-6-8-18(11-16)28-14(2)3/h6-15H,5H2,1-4H3/t15-/m1/s1. The van der Waals surface area contributed by atoms with Crippen molar-refractivity contribution in [1.29, 1.82) is 0 Å². The molecule has 2 aromatic carbocycles. The van der Waals surface area contributed by atoms with Crippen LogP contribution in [0.15, 0.2) is 56.8 Å². The number of hydrogen-bond acceptors (Lipinski definition) is 4. The third-order valence-corrected chi connectivity index (χ3v) is 4.93. The third kappa shape index (κ3) is 4.50. The van der Waals surface area contributed by atoms with Crippen molar-refractivity contribution in [1.82, 2.24) is 9.66 Å². The molecule has 6 heteroatoms. The summed E-state index contributed by atoms with van der Waals surface area (Å²) in [6, 6.07) is 13.2. The molecule has 0 unspecified atom stereocenters. The van der Waals surface area contributed by atoms with E-state index in [9.17, 15) is 4.79 Å². The second-order valence-corrected chi connectivity index (χ2v) is 7.96. The lowest BCUT2D eigenvalue weighted by atomic mass is 10.1. The Bertz CT molecular complexity index is 1070. The highest BCUT2D eigenvalue weighted by Crippen LogP contribution is 2.21. The van der Waals surface area contributed by atoms with Crippen molar-refractivity contribution in [2.75, 3.05) is 0 Å². The lowest BCUT2D eigenvalue weighted by Crippen LogP contribution is -2.23. The van der Waals surface area contributed by atoms with Gasteiger partial charge in [0.15, 0.2) is 0 Å². The number of aromatic nitrogens is 2. The van der Waals surface area contributed by atoms with Gasteiger partial charge in [0, 0.05) is 10.4 Å². The molecule has 0 aliphatic rings. The molecule has 0 bridgehead atoms. The summed E-state index contributed by atoms with van der Waals surface area (Å²) < 4.78 is 7.99. The Balaban J connectivity index is 2.09. The zero-order valence-corrected chi connectivity index (χ0v) is 18.1. The molecule has 3 rings (SSSR count). The third-order valence-electron chi connectivity index (χ3n) is 4.44. The average molecular weight is 442 g/mol. The minimum absolute atomic E-state index is 0.0925. The van der Waals surface area contributed by atoms with Crippen molar-refractivity contribution in [2.24, 2.45) is 5.10 Å². The molecule has 146 valence electrons. The monoisotopic (exact) mass is 441 g/mol. The van der Waals surface area contributed by atoms with Crippen LogP contribution in [-0.4, -0.2) is 22.0 Å². The molecule has 28 heavy (non-hydrogen) atoms. The molecule has 1 heterocycles. The van der Waals surface area contributed by atoms with Crippen LogP contribution in [0, 0.1) is 0 Å². The summed E-state index contributed by atoms with van der Waals surface area (Å²) in [6.07, 6.45) is 2.63. The van der Waals surface area contributed by atoms with Gasteiger partial charge in [-0.1, -0.05) is 41.9 Å². The molecule has 0 saturated heterocycles. The highest BCUT2D eigenvalue weighted by molar-refractivity contribution is 9.10. The lowest BCUT2D eigenvalue weighted by molar-refractivity contribution is 0.242. The zero-order valence-electron chi connectivity index (χ0n) is 16.5. The van der Waals surface area contributed by atoms with E-state index in [1.165, 1.54) is 4.68 Å². The first-order chi connectivity index (χ1) is 13.4. The first kappa shape index (κ1) is 20.3. The lowest BCUT2D eigenvalue weighted by Gasteiger charge is -2.14. The van der Waals surface area contributed by atoms with Crippen LogP contribution in [0.3, 0.4) is 0 Å². The fourth-order valence-electron chi connectivity index (χ4n) is 2.84. The highest BCUT2D eigenvalue weighted by Gasteiger charge is 2.15. The van der Waals surface area contributed by atoms with Crippen LogP contribution in [0.25, 0.3) is 10.9 Å². The number of hydrogen-bond donors (Lipinski definition) is 0. The molecular weight excluding hydrogens is 418 g/mol. The van der Waals surface area contributed by atoms with E-state index >= 15 is 0 Å². The van der Waals surface area contributed by atoms with Gasteiger partial charge in [0.2, 0.25) is 0 Å². The van der Waals surface area contributed by atoms with Gasteiger partial charge < -0.3 is 4.74 Å². The van der Waals surface area contributed by atoms with Crippen LogP contribution in [-0.2, 0) is 0 Å². The van der Waals surface area contributed by atoms with Crippen LogP contribution in [0.5, 0.6) is 5.75 Å². The van der Waals surface area contributed by atoms with Gasteiger partial charge in [-0.15, -0.1) is 0 Å². The Morgan fingerprint density at radius 1 is 1.21 bits per heavy atom. The largest absolute Gasteiger partial charge is 0.491 e. The summed E-state index contributed by atoms with van der Waals surface area (Å²) in [5.74, 6) is 1.54. The average Bonchev–Trinajstić information content (AvgIpc) is 2.66. The Morgan fingerprint density at radius 3 is 2.71 bits per heavy atom. The maximum Gasteiger partial charge on any atom is 0.282 e. The molecule has 0 spiro atoms. The zero-order chi connectivity index (χ0) is 20.3. The van der Waals surface area contributed by atoms with Crippen LogP contribution in [0.2, 0.25) is 0 Å². The maximum atomic E-state index is 13.1. The molecule has 0 amide bonds. The van der Waals surface area contributed by atoms with E-state index in [1.54, 1.807) is 12.3 Å². The summed E-state index contributed by atoms with van der Waals surface area (Å²) in [5.41, 5.74) is 1.37. The fourth-order valence-corrected chi connectivity index (χ4v) is 3.20. The van der Waals surface area contributed by atoms with Gasteiger partial charge in [-0.25, -0.2) is 4.98 Å². The maximum absolute atomic E-state index is 13.1. The number of ether oxygens (including phenoxy) is 1. The number of halogens is 1. The highest BCUT2D eigenvalue weighted by atomic mass is 79.9. The molecule has 5 nitrogen and oxygen atoms in total. The summed E-state index contributed by atoms with van der Waals surface area (Å²) in [7, 11) is 0. The molecule has 0 radical (unpaired) electrons. The molecule has 1 atom stereocenters. The predicted octanol–water partition coefficient (Wildman–Crippen LogP) is 5.34. The normalized spacial score (nSPS) is 12.8. The minimum Gasteiger partial charge on any atom is -0.491 e. The summed E-state index contributed by atoms with van der Waals surface area (Å²) in [6.45, 7) is 8.09.